The standard InChI is InChI=1S/C5H8N4O3/c1-8-3(4(10)6-7-8)5(11)9(2)12/h10,12H,1-2H3. The number of amides is 1. The fraction of sp³-hybridized carbons (Fsp3) is 0.400. The van der Waals surface area contributed by atoms with E-state index in [-0.39, 0.29) is 5.69 Å². The van der Waals surface area contributed by atoms with E-state index in [2.05, 4.69) is 10.3 Å². The molecule has 1 aromatic heterocycles. The highest BCUT2D eigenvalue weighted by Gasteiger charge is 2.20. The topological polar surface area (TPSA) is 91.5 Å². The van der Waals surface area contributed by atoms with E-state index in [1.807, 2.05) is 0 Å². The number of hydroxylamine groups is 2. The van der Waals surface area contributed by atoms with Crippen molar-refractivity contribution in [2.75, 3.05) is 7.05 Å². The second-order valence-corrected chi connectivity index (χ2v) is 2.21. The van der Waals surface area contributed by atoms with Crippen LogP contribution >= 0.6 is 0 Å². The van der Waals surface area contributed by atoms with Crippen LogP contribution in [0.15, 0.2) is 0 Å². The summed E-state index contributed by atoms with van der Waals surface area (Å²) in [7, 11) is 2.58. The van der Waals surface area contributed by atoms with Gasteiger partial charge in [0.25, 0.3) is 5.88 Å². The van der Waals surface area contributed by atoms with Crippen molar-refractivity contribution in [1.29, 1.82) is 0 Å². The number of aryl methyl sites for hydroxylation is 1. The fourth-order valence-electron chi connectivity index (χ4n) is 0.734. The molecule has 0 aliphatic rings. The minimum atomic E-state index is -0.764. The summed E-state index contributed by atoms with van der Waals surface area (Å²) in [5.41, 5.74) is -0.153. The predicted octanol–water partition coefficient (Wildman–Crippen LogP) is -1.02. The summed E-state index contributed by atoms with van der Waals surface area (Å²) in [6, 6.07) is 0. The molecule has 7 nitrogen and oxygen atoms in total. The van der Waals surface area contributed by atoms with Gasteiger partial charge in [-0.25, -0.2) is 9.75 Å². The molecule has 0 radical (unpaired) electrons. The molecular formula is C5H8N4O3. The van der Waals surface area contributed by atoms with Crippen LogP contribution in [0.1, 0.15) is 10.5 Å². The van der Waals surface area contributed by atoms with E-state index in [1.165, 1.54) is 7.05 Å². The van der Waals surface area contributed by atoms with Crippen molar-refractivity contribution in [3.8, 4) is 5.88 Å². The first-order valence-electron chi connectivity index (χ1n) is 3.09. The van der Waals surface area contributed by atoms with Crippen LogP contribution in [0.5, 0.6) is 5.88 Å². The highest BCUT2D eigenvalue weighted by Crippen LogP contribution is 2.11. The molecule has 0 aliphatic carbocycles. The normalized spacial score (nSPS) is 9.92. The largest absolute Gasteiger partial charge is 0.491 e. The Hall–Kier alpha value is -1.63. The van der Waals surface area contributed by atoms with E-state index < -0.39 is 11.8 Å². The Morgan fingerprint density at radius 1 is 1.67 bits per heavy atom. The second kappa shape index (κ2) is 2.78. The minimum Gasteiger partial charge on any atom is -0.491 e. The van der Waals surface area contributed by atoms with Crippen LogP contribution < -0.4 is 0 Å². The summed E-state index contributed by atoms with van der Waals surface area (Å²) < 4.78 is 1.07. The van der Waals surface area contributed by atoms with E-state index in [0.717, 1.165) is 11.7 Å². The smallest absolute Gasteiger partial charge is 0.300 e. The zero-order chi connectivity index (χ0) is 9.30. The third-order valence-corrected chi connectivity index (χ3v) is 1.31. The van der Waals surface area contributed by atoms with Crippen LogP contribution in [0.4, 0.5) is 0 Å². The number of rotatable bonds is 1. The lowest BCUT2D eigenvalue weighted by Crippen LogP contribution is -2.24. The van der Waals surface area contributed by atoms with Gasteiger partial charge in [-0.3, -0.25) is 10.0 Å². The molecule has 12 heavy (non-hydrogen) atoms. The number of aromatic hydroxyl groups is 1. The first kappa shape index (κ1) is 8.47. The first-order chi connectivity index (χ1) is 5.54. The van der Waals surface area contributed by atoms with E-state index in [9.17, 15) is 4.79 Å². The summed E-state index contributed by atoms with van der Waals surface area (Å²) >= 11 is 0. The third-order valence-electron chi connectivity index (χ3n) is 1.31. The lowest BCUT2D eigenvalue weighted by molar-refractivity contribution is -0.0385. The predicted molar refractivity (Wildman–Crippen MR) is 36.5 cm³/mol. The monoisotopic (exact) mass is 172 g/mol. The molecule has 0 aliphatic heterocycles. The average Bonchev–Trinajstić information content (AvgIpc) is 2.30. The lowest BCUT2D eigenvalue weighted by Gasteiger charge is -2.06. The zero-order valence-corrected chi connectivity index (χ0v) is 6.59. The van der Waals surface area contributed by atoms with Crippen molar-refractivity contribution in [3.63, 3.8) is 0 Å². The molecule has 1 rings (SSSR count). The Bertz CT molecular complexity index is 286. The summed E-state index contributed by atoms with van der Waals surface area (Å²) in [5, 5.41) is 24.7. The summed E-state index contributed by atoms with van der Waals surface area (Å²) in [6.07, 6.45) is 0. The molecule has 66 valence electrons. The van der Waals surface area contributed by atoms with E-state index in [4.69, 9.17) is 10.3 Å². The number of aromatic nitrogens is 3. The van der Waals surface area contributed by atoms with Crippen molar-refractivity contribution in [1.82, 2.24) is 20.1 Å². The van der Waals surface area contributed by atoms with Gasteiger partial charge in [-0.2, -0.15) is 0 Å². The van der Waals surface area contributed by atoms with Gasteiger partial charge in [0.2, 0.25) is 0 Å². The Kier molecular flexibility index (Phi) is 1.96. The van der Waals surface area contributed by atoms with Gasteiger partial charge in [-0.15, -0.1) is 0 Å². The maximum absolute atomic E-state index is 11.1. The second-order valence-electron chi connectivity index (χ2n) is 2.21. The Labute approximate surface area is 67.8 Å². The van der Waals surface area contributed by atoms with Crippen molar-refractivity contribution in [2.45, 2.75) is 0 Å². The Morgan fingerprint density at radius 3 is 2.58 bits per heavy atom. The molecule has 0 saturated carbocycles. The molecule has 1 amide bonds. The molecule has 0 aromatic carbocycles. The lowest BCUT2D eigenvalue weighted by atomic mass is 10.4. The van der Waals surface area contributed by atoms with Gasteiger partial charge in [-0.05, 0) is 0 Å². The summed E-state index contributed by atoms with van der Waals surface area (Å²) in [6.45, 7) is 0. The molecule has 1 aromatic rings. The zero-order valence-electron chi connectivity index (χ0n) is 6.59. The van der Waals surface area contributed by atoms with Crippen LogP contribution in [-0.4, -0.2) is 43.3 Å². The number of carbonyl (C=O) groups excluding carboxylic acids is 1. The average molecular weight is 172 g/mol. The molecule has 0 atom stereocenters. The molecular weight excluding hydrogens is 164 g/mol. The van der Waals surface area contributed by atoms with Crippen LogP contribution in [0.25, 0.3) is 0 Å². The molecule has 2 N–H and O–H groups in total. The molecule has 0 spiro atoms. The maximum atomic E-state index is 11.1. The third kappa shape index (κ3) is 1.21. The van der Waals surface area contributed by atoms with Crippen LogP contribution in [0.2, 0.25) is 0 Å². The Balaban J connectivity index is 3.09. The van der Waals surface area contributed by atoms with Crippen molar-refractivity contribution in [3.05, 3.63) is 5.69 Å². The minimum absolute atomic E-state index is 0.153. The summed E-state index contributed by atoms with van der Waals surface area (Å²) in [4.78, 5) is 11.1. The van der Waals surface area contributed by atoms with Crippen molar-refractivity contribution < 1.29 is 15.1 Å². The number of carbonyl (C=O) groups is 1. The summed E-state index contributed by atoms with van der Waals surface area (Å²) in [5.74, 6) is -1.26. The molecule has 0 bridgehead atoms. The highest BCUT2D eigenvalue weighted by atomic mass is 16.5. The van der Waals surface area contributed by atoms with E-state index in [0.29, 0.717) is 5.06 Å². The molecule has 0 fully saturated rings. The molecule has 1 heterocycles. The molecule has 0 unspecified atom stereocenters. The van der Waals surface area contributed by atoms with E-state index >= 15 is 0 Å². The van der Waals surface area contributed by atoms with Crippen molar-refractivity contribution >= 4 is 5.91 Å². The van der Waals surface area contributed by atoms with Crippen LogP contribution in [0, 0.1) is 0 Å². The highest BCUT2D eigenvalue weighted by molar-refractivity contribution is 5.93. The van der Waals surface area contributed by atoms with Crippen LogP contribution in [-0.2, 0) is 7.05 Å². The van der Waals surface area contributed by atoms with Gasteiger partial charge in [-0.1, -0.05) is 10.3 Å². The SMILES string of the molecule is CN(O)C(=O)c1c(O)nnn1C. The molecule has 0 saturated heterocycles. The van der Waals surface area contributed by atoms with Gasteiger partial charge in [0, 0.05) is 14.1 Å². The van der Waals surface area contributed by atoms with Gasteiger partial charge in [0.15, 0.2) is 5.69 Å². The van der Waals surface area contributed by atoms with Gasteiger partial charge >= 0.3 is 5.91 Å². The van der Waals surface area contributed by atoms with Gasteiger partial charge in [0.05, 0.1) is 0 Å². The maximum Gasteiger partial charge on any atom is 0.300 e. The van der Waals surface area contributed by atoms with Gasteiger partial charge < -0.3 is 5.11 Å². The Morgan fingerprint density at radius 2 is 2.25 bits per heavy atom. The van der Waals surface area contributed by atoms with Crippen molar-refractivity contribution in [2.24, 2.45) is 7.05 Å². The quantitative estimate of drug-likeness (QED) is 0.418. The number of hydrogen-bond acceptors (Lipinski definition) is 5. The number of nitrogens with zero attached hydrogens (tertiary/aromatic N) is 4. The molecule has 7 heteroatoms. The number of hydrogen-bond donors (Lipinski definition) is 2. The van der Waals surface area contributed by atoms with Gasteiger partial charge in [0.1, 0.15) is 0 Å². The fourth-order valence-corrected chi connectivity index (χ4v) is 0.734. The van der Waals surface area contributed by atoms with E-state index in [1.54, 1.807) is 0 Å². The first-order valence-corrected chi connectivity index (χ1v) is 3.09. The van der Waals surface area contributed by atoms with Crippen LogP contribution in [0.3, 0.4) is 0 Å².